The van der Waals surface area contributed by atoms with Crippen LogP contribution in [0.1, 0.15) is 46.0 Å². The molecule has 162 valence electrons. The van der Waals surface area contributed by atoms with Gasteiger partial charge in [-0.05, 0) is 58.1 Å². The molecule has 2 saturated heterocycles. The number of benzene rings is 1. The number of piperidine rings is 2. The highest BCUT2D eigenvalue weighted by atomic mass is 16.3. The number of rotatable bonds is 4. The first-order chi connectivity index (χ1) is 14.4. The van der Waals surface area contributed by atoms with Crippen molar-refractivity contribution in [2.75, 3.05) is 19.6 Å². The van der Waals surface area contributed by atoms with E-state index in [0.29, 0.717) is 55.5 Å². The number of hydrogen-bond acceptors (Lipinski definition) is 5. The molecule has 1 aromatic carbocycles. The van der Waals surface area contributed by atoms with Gasteiger partial charge in [-0.1, -0.05) is 12.1 Å². The van der Waals surface area contributed by atoms with E-state index < -0.39 is 5.60 Å². The van der Waals surface area contributed by atoms with Crippen LogP contribution in [-0.4, -0.2) is 67.7 Å². The Hall–Kier alpha value is -2.25. The number of para-hydroxylation sites is 1. The molecule has 2 unspecified atom stereocenters. The van der Waals surface area contributed by atoms with Gasteiger partial charge in [-0.25, -0.2) is 4.98 Å². The van der Waals surface area contributed by atoms with Crippen molar-refractivity contribution < 1.29 is 9.90 Å². The van der Waals surface area contributed by atoms with Gasteiger partial charge in [0.25, 0.3) is 5.56 Å². The minimum Gasteiger partial charge on any atom is -0.388 e. The summed E-state index contributed by atoms with van der Waals surface area (Å²) in [6, 6.07) is 7.86. The minimum absolute atomic E-state index is 0.125. The van der Waals surface area contributed by atoms with Gasteiger partial charge in [-0.3, -0.25) is 19.1 Å². The molecule has 4 rings (SSSR count). The van der Waals surface area contributed by atoms with E-state index in [0.717, 1.165) is 12.8 Å². The van der Waals surface area contributed by atoms with Crippen LogP contribution in [0.3, 0.4) is 0 Å². The Morgan fingerprint density at radius 3 is 2.53 bits per heavy atom. The third-order valence-corrected chi connectivity index (χ3v) is 6.82. The van der Waals surface area contributed by atoms with Crippen LogP contribution in [0.2, 0.25) is 0 Å². The fourth-order valence-electron chi connectivity index (χ4n) is 5.01. The van der Waals surface area contributed by atoms with Gasteiger partial charge in [-0.2, -0.15) is 0 Å². The highest BCUT2D eigenvalue weighted by molar-refractivity contribution is 5.79. The quantitative estimate of drug-likeness (QED) is 0.831. The van der Waals surface area contributed by atoms with Crippen LogP contribution in [-0.2, 0) is 11.3 Å². The van der Waals surface area contributed by atoms with Crippen LogP contribution in [0.15, 0.2) is 35.4 Å². The zero-order valence-electron chi connectivity index (χ0n) is 18.0. The molecule has 2 aliphatic rings. The van der Waals surface area contributed by atoms with E-state index >= 15 is 0 Å². The van der Waals surface area contributed by atoms with Crippen molar-refractivity contribution >= 4 is 16.8 Å². The fourth-order valence-corrected chi connectivity index (χ4v) is 5.01. The molecule has 1 aromatic heterocycles. The van der Waals surface area contributed by atoms with E-state index in [9.17, 15) is 14.7 Å². The highest BCUT2D eigenvalue weighted by Crippen LogP contribution is 2.26. The van der Waals surface area contributed by atoms with Gasteiger partial charge >= 0.3 is 0 Å². The third kappa shape index (κ3) is 4.27. The van der Waals surface area contributed by atoms with Gasteiger partial charge in [0.2, 0.25) is 5.91 Å². The molecule has 2 fully saturated rings. The fraction of sp³-hybridized carbons (Fsp3) is 0.609. The van der Waals surface area contributed by atoms with Crippen LogP contribution >= 0.6 is 0 Å². The van der Waals surface area contributed by atoms with Crippen molar-refractivity contribution in [1.29, 1.82) is 0 Å². The van der Waals surface area contributed by atoms with Crippen LogP contribution in [0.25, 0.3) is 10.9 Å². The lowest BCUT2D eigenvalue weighted by Gasteiger charge is -2.42. The highest BCUT2D eigenvalue weighted by Gasteiger charge is 2.35. The number of aromatic nitrogens is 2. The molecule has 7 heteroatoms. The molecule has 0 radical (unpaired) electrons. The third-order valence-electron chi connectivity index (χ3n) is 6.82. The lowest BCUT2D eigenvalue weighted by molar-refractivity contribution is -0.139. The minimum atomic E-state index is -0.959. The molecular formula is C23H32N4O3. The zero-order chi connectivity index (χ0) is 21.3. The number of hydrogen-bond donors (Lipinski definition) is 1. The molecule has 3 heterocycles. The molecule has 2 aromatic rings. The number of carbonyl (C=O) groups is 1. The lowest BCUT2D eigenvalue weighted by Crippen LogP contribution is -2.54. The Balaban J connectivity index is 1.37. The lowest BCUT2D eigenvalue weighted by atomic mass is 9.91. The van der Waals surface area contributed by atoms with Gasteiger partial charge in [0, 0.05) is 25.2 Å². The molecule has 1 amide bonds. The Bertz CT molecular complexity index is 954. The van der Waals surface area contributed by atoms with Gasteiger partial charge in [-0.15, -0.1) is 0 Å². The molecular weight excluding hydrogens is 380 g/mol. The summed E-state index contributed by atoms with van der Waals surface area (Å²) in [5, 5.41) is 11.7. The maximum Gasteiger partial charge on any atom is 0.261 e. The largest absolute Gasteiger partial charge is 0.388 e. The smallest absolute Gasteiger partial charge is 0.261 e. The van der Waals surface area contributed by atoms with E-state index in [1.165, 1.54) is 17.3 Å². The second-order valence-corrected chi connectivity index (χ2v) is 9.13. The van der Waals surface area contributed by atoms with E-state index in [2.05, 4.69) is 23.7 Å². The summed E-state index contributed by atoms with van der Waals surface area (Å²) < 4.78 is 1.51. The van der Waals surface area contributed by atoms with E-state index in [4.69, 9.17) is 0 Å². The van der Waals surface area contributed by atoms with E-state index in [1.54, 1.807) is 6.07 Å². The molecule has 2 aliphatic heterocycles. The van der Waals surface area contributed by atoms with Gasteiger partial charge < -0.3 is 10.0 Å². The number of likely N-dealkylation sites (tertiary alicyclic amines) is 2. The second-order valence-electron chi connectivity index (χ2n) is 9.13. The molecule has 30 heavy (non-hydrogen) atoms. The van der Waals surface area contributed by atoms with Crippen molar-refractivity contribution in [3.8, 4) is 0 Å². The number of carbonyl (C=O) groups excluding carboxylic acids is 1. The summed E-state index contributed by atoms with van der Waals surface area (Å²) in [6.45, 7) is 6.20. The molecule has 0 aliphatic carbocycles. The standard InChI is InChI=1S/C23H32N4O3/c1-17-6-5-7-18(2)27(17)21(28)14-25-12-10-23(30,11-13-25)15-26-16-24-20-9-4-3-8-19(20)22(26)29/h3-4,8-9,16-18,30H,5-7,10-15H2,1-2H3. The zero-order valence-corrected chi connectivity index (χ0v) is 18.0. The average molecular weight is 413 g/mol. The number of nitrogens with zero attached hydrogens (tertiary/aromatic N) is 4. The average Bonchev–Trinajstić information content (AvgIpc) is 2.72. The first-order valence-electron chi connectivity index (χ1n) is 11.1. The second kappa shape index (κ2) is 8.47. The normalized spacial score (nSPS) is 24.8. The van der Waals surface area contributed by atoms with Crippen LogP contribution < -0.4 is 5.56 Å². The van der Waals surface area contributed by atoms with Gasteiger partial charge in [0.15, 0.2) is 0 Å². The molecule has 7 nitrogen and oxygen atoms in total. The van der Waals surface area contributed by atoms with Gasteiger partial charge in [0.05, 0.1) is 35.9 Å². The van der Waals surface area contributed by atoms with Crippen molar-refractivity contribution in [2.45, 2.75) is 70.2 Å². The Labute approximate surface area is 177 Å². The van der Waals surface area contributed by atoms with Crippen molar-refractivity contribution in [3.05, 3.63) is 40.9 Å². The van der Waals surface area contributed by atoms with Crippen LogP contribution in [0, 0.1) is 0 Å². The summed E-state index contributed by atoms with van der Waals surface area (Å²) in [5.41, 5.74) is -0.417. The Morgan fingerprint density at radius 1 is 1.17 bits per heavy atom. The number of aliphatic hydroxyl groups is 1. The van der Waals surface area contributed by atoms with Crippen LogP contribution in [0.4, 0.5) is 0 Å². The molecule has 1 N–H and O–H groups in total. The van der Waals surface area contributed by atoms with Crippen molar-refractivity contribution in [3.63, 3.8) is 0 Å². The SMILES string of the molecule is CC1CCCC(C)N1C(=O)CN1CCC(O)(Cn2cnc3ccccc3c2=O)CC1. The molecule has 0 saturated carbocycles. The maximum absolute atomic E-state index is 12.9. The first-order valence-corrected chi connectivity index (χ1v) is 11.1. The molecule has 0 spiro atoms. The maximum atomic E-state index is 12.9. The van der Waals surface area contributed by atoms with Crippen molar-refractivity contribution in [2.24, 2.45) is 0 Å². The van der Waals surface area contributed by atoms with E-state index in [-0.39, 0.29) is 18.0 Å². The monoisotopic (exact) mass is 412 g/mol. The summed E-state index contributed by atoms with van der Waals surface area (Å²) >= 11 is 0. The number of amides is 1. The predicted octanol–water partition coefficient (Wildman–Crippen LogP) is 2.01. The Morgan fingerprint density at radius 2 is 1.83 bits per heavy atom. The Kier molecular flexibility index (Phi) is 5.93. The topological polar surface area (TPSA) is 78.7 Å². The summed E-state index contributed by atoms with van der Waals surface area (Å²) in [6.07, 6.45) is 5.92. The van der Waals surface area contributed by atoms with Crippen molar-refractivity contribution in [1.82, 2.24) is 19.4 Å². The summed E-state index contributed by atoms with van der Waals surface area (Å²) in [4.78, 5) is 34.1. The van der Waals surface area contributed by atoms with Crippen LogP contribution in [0.5, 0.6) is 0 Å². The summed E-state index contributed by atoms with van der Waals surface area (Å²) in [5.74, 6) is 0.190. The number of fused-ring (bicyclic) bond motifs is 1. The van der Waals surface area contributed by atoms with E-state index in [1.807, 2.05) is 23.1 Å². The molecule has 2 atom stereocenters. The van der Waals surface area contributed by atoms with Gasteiger partial charge in [0.1, 0.15) is 0 Å². The predicted molar refractivity (Wildman–Crippen MR) is 116 cm³/mol. The summed E-state index contributed by atoms with van der Waals surface area (Å²) in [7, 11) is 0. The molecule has 0 bridgehead atoms. The first kappa shape index (κ1) is 21.0.